The fourth-order valence-electron chi connectivity index (χ4n) is 2.93. The van der Waals surface area contributed by atoms with Crippen LogP contribution in [-0.2, 0) is 9.53 Å². The summed E-state index contributed by atoms with van der Waals surface area (Å²) >= 11 is 0. The van der Waals surface area contributed by atoms with E-state index in [-0.39, 0.29) is 23.3 Å². The highest BCUT2D eigenvalue weighted by molar-refractivity contribution is 5.86. The summed E-state index contributed by atoms with van der Waals surface area (Å²) in [5.74, 6) is 0.225. The average Bonchev–Trinajstić information content (AvgIpc) is 2.87. The number of rotatable bonds is 2. The zero-order valence-corrected chi connectivity index (χ0v) is 11.8. The second kappa shape index (κ2) is 4.25. The number of Topliss-reactive ketones (excluding diaryl/α,β-unsaturated/α-hetero) is 1. The highest BCUT2D eigenvalue weighted by Gasteiger charge is 2.57. The topological polar surface area (TPSA) is 46.6 Å². The number of ketones is 1. The van der Waals surface area contributed by atoms with Gasteiger partial charge < -0.3 is 9.64 Å². The van der Waals surface area contributed by atoms with Crippen LogP contribution in [0.25, 0.3) is 0 Å². The third kappa shape index (κ3) is 2.38. The van der Waals surface area contributed by atoms with Crippen LogP contribution in [0.5, 0.6) is 0 Å². The number of ether oxygens (including phenoxy) is 1. The molecule has 1 heterocycles. The van der Waals surface area contributed by atoms with Crippen molar-refractivity contribution in [3.05, 3.63) is 0 Å². The van der Waals surface area contributed by atoms with E-state index in [1.54, 1.807) is 11.8 Å². The SMILES string of the molecule is CC(=O)C1(C2CCCN2C(=O)OC(C)(C)C)CC1. The molecule has 1 unspecified atom stereocenters. The summed E-state index contributed by atoms with van der Waals surface area (Å²) in [7, 11) is 0. The van der Waals surface area contributed by atoms with E-state index in [2.05, 4.69) is 0 Å². The lowest BCUT2D eigenvalue weighted by molar-refractivity contribution is -0.124. The minimum Gasteiger partial charge on any atom is -0.444 e. The second-order valence-corrected chi connectivity index (χ2v) is 6.54. The predicted molar refractivity (Wildman–Crippen MR) is 68.3 cm³/mol. The lowest BCUT2D eigenvalue weighted by Gasteiger charge is -2.32. The van der Waals surface area contributed by atoms with E-state index in [1.807, 2.05) is 20.8 Å². The minimum atomic E-state index is -0.475. The normalized spacial score (nSPS) is 26.0. The maximum atomic E-state index is 12.2. The first-order chi connectivity index (χ1) is 8.26. The molecule has 0 spiro atoms. The van der Waals surface area contributed by atoms with Gasteiger partial charge in [0, 0.05) is 18.0 Å². The van der Waals surface area contributed by atoms with Gasteiger partial charge in [-0.25, -0.2) is 4.79 Å². The van der Waals surface area contributed by atoms with Gasteiger partial charge >= 0.3 is 6.09 Å². The van der Waals surface area contributed by atoms with Crippen molar-refractivity contribution in [3.63, 3.8) is 0 Å². The maximum absolute atomic E-state index is 12.2. The average molecular weight is 253 g/mol. The van der Waals surface area contributed by atoms with Crippen LogP contribution in [0.4, 0.5) is 4.79 Å². The van der Waals surface area contributed by atoms with Gasteiger partial charge in [0.1, 0.15) is 11.4 Å². The van der Waals surface area contributed by atoms with Gasteiger partial charge in [-0.15, -0.1) is 0 Å². The lowest BCUT2D eigenvalue weighted by atomic mass is 9.90. The van der Waals surface area contributed by atoms with E-state index < -0.39 is 5.60 Å². The first-order valence-electron chi connectivity index (χ1n) is 6.77. The monoisotopic (exact) mass is 253 g/mol. The quantitative estimate of drug-likeness (QED) is 0.760. The summed E-state index contributed by atoms with van der Waals surface area (Å²) in [6.07, 6.45) is 3.48. The molecule has 0 radical (unpaired) electrons. The molecule has 1 amide bonds. The number of amides is 1. The van der Waals surface area contributed by atoms with Crippen LogP contribution in [0, 0.1) is 5.41 Å². The molecule has 2 rings (SSSR count). The van der Waals surface area contributed by atoms with Crippen molar-refractivity contribution in [1.29, 1.82) is 0 Å². The molecule has 102 valence electrons. The zero-order valence-electron chi connectivity index (χ0n) is 11.8. The van der Waals surface area contributed by atoms with Crippen LogP contribution in [0.15, 0.2) is 0 Å². The van der Waals surface area contributed by atoms with E-state index in [0.29, 0.717) is 6.54 Å². The summed E-state index contributed by atoms with van der Waals surface area (Å²) in [5, 5.41) is 0. The molecular formula is C14H23NO3. The molecule has 2 aliphatic rings. The van der Waals surface area contributed by atoms with Gasteiger partial charge in [-0.3, -0.25) is 4.79 Å². The first-order valence-corrected chi connectivity index (χ1v) is 6.77. The Morgan fingerprint density at radius 1 is 1.28 bits per heavy atom. The van der Waals surface area contributed by atoms with Crippen molar-refractivity contribution in [2.75, 3.05) is 6.54 Å². The Balaban J connectivity index is 2.09. The smallest absolute Gasteiger partial charge is 0.410 e. The number of hydrogen-bond acceptors (Lipinski definition) is 3. The largest absolute Gasteiger partial charge is 0.444 e. The second-order valence-electron chi connectivity index (χ2n) is 6.54. The highest BCUT2D eigenvalue weighted by atomic mass is 16.6. The molecular weight excluding hydrogens is 230 g/mol. The van der Waals surface area contributed by atoms with Gasteiger partial charge in [-0.2, -0.15) is 0 Å². The van der Waals surface area contributed by atoms with Gasteiger partial charge in [-0.1, -0.05) is 0 Å². The first kappa shape index (κ1) is 13.4. The van der Waals surface area contributed by atoms with Crippen molar-refractivity contribution in [1.82, 2.24) is 4.90 Å². The number of hydrogen-bond donors (Lipinski definition) is 0. The number of likely N-dealkylation sites (tertiary alicyclic amines) is 1. The maximum Gasteiger partial charge on any atom is 0.410 e. The molecule has 18 heavy (non-hydrogen) atoms. The molecule has 1 aliphatic carbocycles. The van der Waals surface area contributed by atoms with Crippen LogP contribution >= 0.6 is 0 Å². The third-order valence-corrected chi connectivity index (χ3v) is 4.01. The molecule has 1 saturated heterocycles. The number of nitrogens with zero attached hydrogens (tertiary/aromatic N) is 1. The van der Waals surface area contributed by atoms with Gasteiger partial charge in [-0.05, 0) is 53.4 Å². The molecule has 4 heteroatoms. The van der Waals surface area contributed by atoms with Crippen LogP contribution in [0.1, 0.15) is 53.4 Å². The fraction of sp³-hybridized carbons (Fsp3) is 0.857. The predicted octanol–water partition coefficient (Wildman–Crippen LogP) is 2.76. The van der Waals surface area contributed by atoms with E-state index in [0.717, 1.165) is 25.7 Å². The molecule has 0 bridgehead atoms. The van der Waals surface area contributed by atoms with Crippen molar-refractivity contribution < 1.29 is 14.3 Å². The summed E-state index contributed by atoms with van der Waals surface area (Å²) in [5.41, 5.74) is -0.732. The summed E-state index contributed by atoms with van der Waals surface area (Å²) in [6.45, 7) is 7.97. The van der Waals surface area contributed by atoms with Gasteiger partial charge in [0.2, 0.25) is 0 Å². The van der Waals surface area contributed by atoms with Gasteiger partial charge in [0.15, 0.2) is 0 Å². The third-order valence-electron chi connectivity index (χ3n) is 4.01. The number of carbonyl (C=O) groups is 2. The molecule has 0 aromatic rings. The van der Waals surface area contributed by atoms with E-state index in [4.69, 9.17) is 4.74 Å². The lowest BCUT2D eigenvalue weighted by Crippen LogP contribution is -2.45. The number of carbonyl (C=O) groups excluding carboxylic acids is 2. The van der Waals surface area contributed by atoms with E-state index in [9.17, 15) is 9.59 Å². The molecule has 4 nitrogen and oxygen atoms in total. The molecule has 0 N–H and O–H groups in total. The van der Waals surface area contributed by atoms with E-state index in [1.165, 1.54) is 0 Å². The minimum absolute atomic E-state index is 0.0600. The van der Waals surface area contributed by atoms with Crippen LogP contribution in [0.3, 0.4) is 0 Å². The molecule has 2 fully saturated rings. The Kier molecular flexibility index (Phi) is 3.16. The standard InChI is InChI=1S/C14H23NO3/c1-10(16)14(7-8-14)11-6-5-9-15(11)12(17)18-13(2,3)4/h11H,5-9H2,1-4H3. The van der Waals surface area contributed by atoms with Crippen molar-refractivity contribution in [3.8, 4) is 0 Å². The van der Waals surface area contributed by atoms with Crippen LogP contribution < -0.4 is 0 Å². The highest BCUT2D eigenvalue weighted by Crippen LogP contribution is 2.54. The van der Waals surface area contributed by atoms with Crippen LogP contribution in [0.2, 0.25) is 0 Å². The van der Waals surface area contributed by atoms with Gasteiger partial charge in [0.25, 0.3) is 0 Å². The molecule has 1 saturated carbocycles. The summed E-state index contributed by atoms with van der Waals surface area (Å²) < 4.78 is 5.43. The van der Waals surface area contributed by atoms with Crippen molar-refractivity contribution >= 4 is 11.9 Å². The molecule has 0 aromatic heterocycles. The fourth-order valence-corrected chi connectivity index (χ4v) is 2.93. The van der Waals surface area contributed by atoms with Gasteiger partial charge in [0.05, 0.1) is 0 Å². The Labute approximate surface area is 109 Å². The van der Waals surface area contributed by atoms with E-state index >= 15 is 0 Å². The molecule has 1 aliphatic heterocycles. The Morgan fingerprint density at radius 2 is 1.89 bits per heavy atom. The van der Waals surface area contributed by atoms with Crippen LogP contribution in [-0.4, -0.2) is 35.0 Å². The molecule has 1 atom stereocenters. The zero-order chi connectivity index (χ0) is 13.6. The summed E-state index contributed by atoms with van der Waals surface area (Å²) in [6, 6.07) is 0.0600. The Morgan fingerprint density at radius 3 is 2.33 bits per heavy atom. The Hall–Kier alpha value is -1.06. The van der Waals surface area contributed by atoms with Crippen molar-refractivity contribution in [2.45, 2.75) is 65.0 Å². The summed E-state index contributed by atoms with van der Waals surface area (Å²) in [4.78, 5) is 25.7. The molecule has 0 aromatic carbocycles. The Bertz CT molecular complexity index is 366. The van der Waals surface area contributed by atoms with Crippen molar-refractivity contribution in [2.24, 2.45) is 5.41 Å².